The number of carbonyl (C=O) groups is 1. The molecule has 0 aliphatic rings. The Morgan fingerprint density at radius 3 is 1.86 bits per heavy atom. The number of rotatable bonds is 6. The zero-order chi connectivity index (χ0) is 21.4. The van der Waals surface area contributed by atoms with Crippen molar-refractivity contribution < 1.29 is 81.4 Å². The maximum atomic E-state index is 12.8. The number of hydrogen-bond acceptors (Lipinski definition) is 9. The predicted molar refractivity (Wildman–Crippen MR) is 93.5 cm³/mol. The molecule has 2 rings (SSSR count). The number of ketones is 1. The molecule has 0 fully saturated rings. The van der Waals surface area contributed by atoms with Gasteiger partial charge in [-0.2, -0.15) is 16.8 Å². The Kier molecular flexibility index (Phi) is 7.70. The van der Waals surface area contributed by atoms with Crippen LogP contribution in [-0.2, 0) is 20.2 Å². The fourth-order valence-electron chi connectivity index (χ4n) is 2.35. The molecule has 14 heteroatoms. The Bertz CT molecular complexity index is 1180. The van der Waals surface area contributed by atoms with E-state index >= 15 is 0 Å². The second kappa shape index (κ2) is 8.87. The second-order valence-corrected chi connectivity index (χ2v) is 8.07. The SMILES string of the molecule is COc1ccc(C(=O)c2cc(S(=O)(=O)O)c(OC)c(O)c2O)c(S(=O)(=O)O)c1.[H-].[Na+]. The van der Waals surface area contributed by atoms with E-state index in [0.29, 0.717) is 6.07 Å². The zero-order valence-electron chi connectivity index (χ0n) is 16.3. The van der Waals surface area contributed by atoms with Gasteiger partial charge in [0, 0.05) is 11.6 Å². The summed E-state index contributed by atoms with van der Waals surface area (Å²) in [5.74, 6) is -4.45. The minimum Gasteiger partial charge on any atom is -1.00 e. The van der Waals surface area contributed by atoms with E-state index < -0.39 is 64.2 Å². The number of carbonyl (C=O) groups excluding carboxylic acids is 1. The molecule has 0 saturated heterocycles. The number of hydrogen-bond donors (Lipinski definition) is 4. The molecule has 0 spiro atoms. The van der Waals surface area contributed by atoms with E-state index in [1.165, 1.54) is 13.2 Å². The first-order chi connectivity index (χ1) is 12.8. The fourth-order valence-corrected chi connectivity index (χ4v) is 3.74. The molecule has 0 bridgehead atoms. The van der Waals surface area contributed by atoms with Crippen LogP contribution in [0.5, 0.6) is 23.0 Å². The maximum Gasteiger partial charge on any atom is 1.00 e. The number of phenols is 2. The molecule has 4 N–H and O–H groups in total. The van der Waals surface area contributed by atoms with Crippen LogP contribution in [0.3, 0.4) is 0 Å². The number of aromatic hydroxyl groups is 2. The molecule has 0 radical (unpaired) electrons. The van der Waals surface area contributed by atoms with Crippen molar-refractivity contribution in [2.24, 2.45) is 0 Å². The summed E-state index contributed by atoms with van der Waals surface area (Å²) in [7, 11) is -7.80. The van der Waals surface area contributed by atoms with Crippen molar-refractivity contribution >= 4 is 26.0 Å². The molecule has 0 aromatic heterocycles. The van der Waals surface area contributed by atoms with E-state index in [0.717, 1.165) is 19.2 Å². The van der Waals surface area contributed by atoms with Crippen LogP contribution in [0.4, 0.5) is 0 Å². The van der Waals surface area contributed by atoms with Crippen LogP contribution in [-0.4, -0.2) is 56.2 Å². The molecule has 154 valence electrons. The molecule has 0 aliphatic carbocycles. The van der Waals surface area contributed by atoms with Crippen LogP contribution in [0.15, 0.2) is 34.1 Å². The number of phenolic OH excluding ortho intramolecular Hbond substituents is 2. The molecule has 0 unspecified atom stereocenters. The van der Waals surface area contributed by atoms with Crippen molar-refractivity contribution in [3.63, 3.8) is 0 Å². The summed E-state index contributed by atoms with van der Waals surface area (Å²) in [4.78, 5) is 10.8. The van der Waals surface area contributed by atoms with E-state index in [1.54, 1.807) is 0 Å². The first kappa shape index (κ1) is 25.2. The van der Waals surface area contributed by atoms with Gasteiger partial charge in [0.1, 0.15) is 15.5 Å². The van der Waals surface area contributed by atoms with Gasteiger partial charge in [0.25, 0.3) is 20.2 Å². The average Bonchev–Trinajstić information content (AvgIpc) is 2.61. The Morgan fingerprint density at radius 2 is 1.41 bits per heavy atom. The molecule has 29 heavy (non-hydrogen) atoms. The molecule has 0 amide bonds. The first-order valence-electron chi connectivity index (χ1n) is 7.13. The van der Waals surface area contributed by atoms with Crippen LogP contribution >= 0.6 is 0 Å². The average molecular weight is 458 g/mol. The molecule has 11 nitrogen and oxygen atoms in total. The predicted octanol–water partition coefficient (Wildman–Crippen LogP) is -2.04. The number of benzene rings is 2. The summed E-state index contributed by atoms with van der Waals surface area (Å²) in [6.45, 7) is 0. The smallest absolute Gasteiger partial charge is 1.00 e. The maximum absolute atomic E-state index is 12.8. The van der Waals surface area contributed by atoms with Gasteiger partial charge in [-0.25, -0.2) is 0 Å². The monoisotopic (exact) mass is 458 g/mol. The van der Waals surface area contributed by atoms with Crippen molar-refractivity contribution in [2.45, 2.75) is 9.79 Å². The van der Waals surface area contributed by atoms with E-state index in [2.05, 4.69) is 4.74 Å². The van der Waals surface area contributed by atoms with Gasteiger partial charge in [-0.15, -0.1) is 0 Å². The summed E-state index contributed by atoms with van der Waals surface area (Å²) in [6, 6.07) is 3.43. The van der Waals surface area contributed by atoms with E-state index in [9.17, 15) is 40.9 Å². The molecule has 0 aliphatic heterocycles. The van der Waals surface area contributed by atoms with Gasteiger partial charge in [-0.05, 0) is 18.2 Å². The molecular weight excluding hydrogens is 443 g/mol. The van der Waals surface area contributed by atoms with Gasteiger partial charge in [0.15, 0.2) is 17.3 Å². The molecule has 2 aromatic rings. The Hall–Kier alpha value is -1.87. The third-order valence-electron chi connectivity index (χ3n) is 3.63. The fraction of sp³-hybridized carbons (Fsp3) is 0.133. The summed E-state index contributed by atoms with van der Waals surface area (Å²) < 4.78 is 74.4. The van der Waals surface area contributed by atoms with Crippen LogP contribution in [0, 0.1) is 0 Å². The number of ether oxygens (including phenoxy) is 2. The van der Waals surface area contributed by atoms with Crippen molar-refractivity contribution in [3.8, 4) is 23.0 Å². The molecule has 0 heterocycles. The van der Waals surface area contributed by atoms with Gasteiger partial charge < -0.3 is 21.1 Å². The Balaban J connectivity index is 0.00000420. The third-order valence-corrected chi connectivity index (χ3v) is 5.38. The summed E-state index contributed by atoms with van der Waals surface area (Å²) >= 11 is 0. The Labute approximate surface area is 189 Å². The first-order valence-corrected chi connectivity index (χ1v) is 10.0. The molecular formula is C15H15NaO11S2. The molecule has 2 aromatic carbocycles. The van der Waals surface area contributed by atoms with Gasteiger partial charge in [0.2, 0.25) is 5.75 Å². The van der Waals surface area contributed by atoms with Crippen molar-refractivity contribution in [1.29, 1.82) is 0 Å². The molecule has 0 saturated carbocycles. The van der Waals surface area contributed by atoms with Gasteiger partial charge in [0.05, 0.1) is 19.8 Å². The number of methoxy groups -OCH3 is 2. The quantitative estimate of drug-likeness (QED) is 0.162. The Morgan fingerprint density at radius 1 is 0.862 bits per heavy atom. The van der Waals surface area contributed by atoms with Crippen molar-refractivity contribution in [3.05, 3.63) is 35.4 Å². The van der Waals surface area contributed by atoms with Crippen LogP contribution in [0.1, 0.15) is 17.3 Å². The zero-order valence-corrected chi connectivity index (χ0v) is 18.9. The van der Waals surface area contributed by atoms with Crippen LogP contribution in [0.2, 0.25) is 0 Å². The van der Waals surface area contributed by atoms with Gasteiger partial charge in [-0.3, -0.25) is 13.9 Å². The normalized spacial score (nSPS) is 11.4. The minimum absolute atomic E-state index is 0. The summed E-state index contributed by atoms with van der Waals surface area (Å²) in [6.07, 6.45) is 0. The summed E-state index contributed by atoms with van der Waals surface area (Å²) in [5.41, 5.74) is -1.54. The van der Waals surface area contributed by atoms with E-state index in [-0.39, 0.29) is 36.7 Å². The van der Waals surface area contributed by atoms with Crippen LogP contribution in [0.25, 0.3) is 0 Å². The molecule has 0 atom stereocenters. The van der Waals surface area contributed by atoms with Crippen molar-refractivity contribution in [1.82, 2.24) is 0 Å². The third kappa shape index (κ3) is 5.01. The largest absolute Gasteiger partial charge is 1.00 e. The van der Waals surface area contributed by atoms with Crippen molar-refractivity contribution in [2.75, 3.05) is 14.2 Å². The van der Waals surface area contributed by atoms with E-state index in [1.807, 2.05) is 0 Å². The van der Waals surface area contributed by atoms with E-state index in [4.69, 9.17) is 4.74 Å². The standard InChI is InChI=1S/C15H14O11S2.Na.H/c1-25-7-3-4-8(10(5-7)27(19,20)21)12(16)9-6-11(28(22,23)24)15(26-2)14(18)13(9)17;;/h3-6,17-18H,1-2H3,(H,19,20,21)(H,22,23,24);;/q;+1;-1. The minimum atomic E-state index is -5.01. The van der Waals surface area contributed by atoms with Crippen LogP contribution < -0.4 is 39.0 Å². The van der Waals surface area contributed by atoms with Gasteiger partial charge >= 0.3 is 29.6 Å². The topological polar surface area (TPSA) is 185 Å². The van der Waals surface area contributed by atoms with Gasteiger partial charge in [-0.1, -0.05) is 0 Å². The summed E-state index contributed by atoms with van der Waals surface area (Å²) in [5, 5.41) is 20.0. The second-order valence-electron chi connectivity index (χ2n) is 5.29.